The molecule has 0 aliphatic carbocycles. The lowest BCUT2D eigenvalue weighted by Gasteiger charge is -2.17. The predicted molar refractivity (Wildman–Crippen MR) is 70.5 cm³/mol. The first-order chi connectivity index (χ1) is 8.17. The van der Waals surface area contributed by atoms with Crippen molar-refractivity contribution in [3.8, 4) is 5.75 Å². The molecule has 3 heteroatoms. The van der Waals surface area contributed by atoms with Gasteiger partial charge in [-0.15, -0.1) is 0 Å². The number of hydrogen-bond acceptors (Lipinski definition) is 3. The fourth-order valence-electron chi connectivity index (χ4n) is 1.71. The van der Waals surface area contributed by atoms with E-state index in [9.17, 15) is 0 Å². The first kappa shape index (κ1) is 14.0. The molecule has 3 nitrogen and oxygen atoms in total. The second kappa shape index (κ2) is 7.30. The molecular weight excluding hydrogens is 214 g/mol. The number of methoxy groups -OCH3 is 1. The van der Waals surface area contributed by atoms with E-state index in [2.05, 4.69) is 31.3 Å². The Bertz CT molecular complexity index is 339. The maximum absolute atomic E-state index is 5.94. The standard InChI is InChI=1S/C14H23NO2/c1-11-5-6-14(13(9-11)10-15-3)17-12(2)7-8-16-4/h5-6,9,12,15H,7-8,10H2,1-4H3. The van der Waals surface area contributed by atoms with E-state index >= 15 is 0 Å². The van der Waals surface area contributed by atoms with Crippen molar-refractivity contribution in [2.45, 2.75) is 32.9 Å². The molecule has 0 amide bonds. The van der Waals surface area contributed by atoms with Gasteiger partial charge in [0.15, 0.2) is 0 Å². The average Bonchev–Trinajstić information content (AvgIpc) is 2.30. The minimum Gasteiger partial charge on any atom is -0.490 e. The molecule has 0 spiro atoms. The van der Waals surface area contributed by atoms with E-state index in [-0.39, 0.29) is 6.10 Å². The van der Waals surface area contributed by atoms with Crippen LogP contribution < -0.4 is 10.1 Å². The molecule has 0 radical (unpaired) electrons. The van der Waals surface area contributed by atoms with Crippen LogP contribution in [-0.2, 0) is 11.3 Å². The fraction of sp³-hybridized carbons (Fsp3) is 0.571. The van der Waals surface area contributed by atoms with Crippen LogP contribution in [0.5, 0.6) is 5.75 Å². The summed E-state index contributed by atoms with van der Waals surface area (Å²) in [4.78, 5) is 0. The van der Waals surface area contributed by atoms with Gasteiger partial charge >= 0.3 is 0 Å². The summed E-state index contributed by atoms with van der Waals surface area (Å²) in [6.45, 7) is 5.72. The van der Waals surface area contributed by atoms with Crippen LogP contribution in [0, 0.1) is 6.92 Å². The molecule has 0 aliphatic heterocycles. The number of rotatable bonds is 7. The maximum Gasteiger partial charge on any atom is 0.124 e. The van der Waals surface area contributed by atoms with Gasteiger partial charge < -0.3 is 14.8 Å². The molecule has 0 bridgehead atoms. The smallest absolute Gasteiger partial charge is 0.124 e. The Hall–Kier alpha value is -1.06. The van der Waals surface area contributed by atoms with Gasteiger partial charge in [0, 0.05) is 32.2 Å². The fourth-order valence-corrected chi connectivity index (χ4v) is 1.71. The van der Waals surface area contributed by atoms with E-state index in [0.717, 1.165) is 25.3 Å². The van der Waals surface area contributed by atoms with Crippen LogP contribution in [-0.4, -0.2) is 26.9 Å². The Morgan fingerprint density at radius 3 is 2.76 bits per heavy atom. The summed E-state index contributed by atoms with van der Waals surface area (Å²) in [6.07, 6.45) is 1.08. The highest BCUT2D eigenvalue weighted by Gasteiger charge is 2.08. The molecule has 17 heavy (non-hydrogen) atoms. The predicted octanol–water partition coefficient (Wildman–Crippen LogP) is 2.52. The van der Waals surface area contributed by atoms with Gasteiger partial charge in [0.2, 0.25) is 0 Å². The summed E-state index contributed by atoms with van der Waals surface area (Å²) in [5.74, 6) is 0.966. The first-order valence-electron chi connectivity index (χ1n) is 6.07. The lowest BCUT2D eigenvalue weighted by molar-refractivity contribution is 0.134. The van der Waals surface area contributed by atoms with Crippen molar-refractivity contribution in [3.05, 3.63) is 29.3 Å². The molecule has 0 saturated heterocycles. The summed E-state index contributed by atoms with van der Waals surface area (Å²) in [5.41, 5.74) is 2.46. The van der Waals surface area contributed by atoms with Crippen LogP contribution in [0.25, 0.3) is 0 Å². The van der Waals surface area contributed by atoms with Gasteiger partial charge in [-0.05, 0) is 27.0 Å². The quantitative estimate of drug-likeness (QED) is 0.790. The van der Waals surface area contributed by atoms with Crippen LogP contribution in [0.2, 0.25) is 0 Å². The molecule has 0 saturated carbocycles. The molecular formula is C14H23NO2. The van der Waals surface area contributed by atoms with Crippen LogP contribution in [0.3, 0.4) is 0 Å². The molecule has 0 aliphatic rings. The van der Waals surface area contributed by atoms with Gasteiger partial charge in [-0.1, -0.05) is 17.7 Å². The third-order valence-corrected chi connectivity index (χ3v) is 2.64. The second-order valence-corrected chi connectivity index (χ2v) is 4.35. The number of aryl methyl sites for hydroxylation is 1. The van der Waals surface area contributed by atoms with Crippen molar-refractivity contribution in [2.75, 3.05) is 20.8 Å². The van der Waals surface area contributed by atoms with Gasteiger partial charge in [0.25, 0.3) is 0 Å². The normalized spacial score (nSPS) is 12.5. The third-order valence-electron chi connectivity index (χ3n) is 2.64. The summed E-state index contributed by atoms with van der Waals surface area (Å²) in [5, 5.41) is 3.16. The largest absolute Gasteiger partial charge is 0.490 e. The van der Waals surface area contributed by atoms with E-state index in [4.69, 9.17) is 9.47 Å². The van der Waals surface area contributed by atoms with Crippen LogP contribution in [0.4, 0.5) is 0 Å². The summed E-state index contributed by atoms with van der Waals surface area (Å²) < 4.78 is 11.0. The van der Waals surface area contributed by atoms with Gasteiger partial charge in [-0.3, -0.25) is 0 Å². The Labute approximate surface area is 104 Å². The van der Waals surface area contributed by atoms with Crippen molar-refractivity contribution in [2.24, 2.45) is 0 Å². The third kappa shape index (κ3) is 4.75. The molecule has 1 rings (SSSR count). The zero-order valence-electron chi connectivity index (χ0n) is 11.2. The Morgan fingerprint density at radius 1 is 1.35 bits per heavy atom. The van der Waals surface area contributed by atoms with Gasteiger partial charge in [0.05, 0.1) is 6.10 Å². The number of nitrogens with one attached hydrogen (secondary N) is 1. The Balaban J connectivity index is 2.68. The van der Waals surface area contributed by atoms with Gasteiger partial charge in [-0.25, -0.2) is 0 Å². The molecule has 0 heterocycles. The zero-order chi connectivity index (χ0) is 12.7. The number of benzene rings is 1. The highest BCUT2D eigenvalue weighted by atomic mass is 16.5. The maximum atomic E-state index is 5.94. The molecule has 0 aromatic heterocycles. The van der Waals surface area contributed by atoms with Crippen LogP contribution in [0.15, 0.2) is 18.2 Å². The van der Waals surface area contributed by atoms with E-state index in [1.807, 2.05) is 13.1 Å². The monoisotopic (exact) mass is 237 g/mol. The van der Waals surface area contributed by atoms with Gasteiger partial charge in [0.1, 0.15) is 5.75 Å². The molecule has 1 aromatic carbocycles. The van der Waals surface area contributed by atoms with Crippen molar-refractivity contribution < 1.29 is 9.47 Å². The summed E-state index contributed by atoms with van der Waals surface area (Å²) in [7, 11) is 3.66. The highest BCUT2D eigenvalue weighted by Crippen LogP contribution is 2.21. The van der Waals surface area contributed by atoms with Crippen LogP contribution in [0.1, 0.15) is 24.5 Å². The first-order valence-corrected chi connectivity index (χ1v) is 6.07. The minimum absolute atomic E-state index is 0.174. The molecule has 1 N–H and O–H groups in total. The zero-order valence-corrected chi connectivity index (χ0v) is 11.2. The molecule has 1 aromatic rings. The van der Waals surface area contributed by atoms with E-state index in [0.29, 0.717) is 0 Å². The molecule has 1 unspecified atom stereocenters. The molecule has 0 fully saturated rings. The molecule has 1 atom stereocenters. The van der Waals surface area contributed by atoms with E-state index in [1.165, 1.54) is 11.1 Å². The van der Waals surface area contributed by atoms with E-state index in [1.54, 1.807) is 7.11 Å². The Morgan fingerprint density at radius 2 is 2.12 bits per heavy atom. The number of hydrogen-bond donors (Lipinski definition) is 1. The van der Waals surface area contributed by atoms with E-state index < -0.39 is 0 Å². The van der Waals surface area contributed by atoms with Gasteiger partial charge in [-0.2, -0.15) is 0 Å². The number of ether oxygens (including phenoxy) is 2. The van der Waals surface area contributed by atoms with Crippen LogP contribution >= 0.6 is 0 Å². The minimum atomic E-state index is 0.174. The summed E-state index contributed by atoms with van der Waals surface area (Å²) in [6, 6.07) is 6.29. The summed E-state index contributed by atoms with van der Waals surface area (Å²) >= 11 is 0. The lowest BCUT2D eigenvalue weighted by Crippen LogP contribution is -2.16. The topological polar surface area (TPSA) is 30.5 Å². The average molecular weight is 237 g/mol. The van der Waals surface area contributed by atoms with Crippen molar-refractivity contribution in [3.63, 3.8) is 0 Å². The SMILES string of the molecule is CNCc1cc(C)ccc1OC(C)CCOC. The Kier molecular flexibility index (Phi) is 6.01. The second-order valence-electron chi connectivity index (χ2n) is 4.35. The van der Waals surface area contributed by atoms with Crippen molar-refractivity contribution in [1.29, 1.82) is 0 Å². The van der Waals surface area contributed by atoms with Crippen molar-refractivity contribution >= 4 is 0 Å². The lowest BCUT2D eigenvalue weighted by atomic mass is 10.1. The highest BCUT2D eigenvalue weighted by molar-refractivity contribution is 5.37. The van der Waals surface area contributed by atoms with Crippen molar-refractivity contribution in [1.82, 2.24) is 5.32 Å². The molecule has 96 valence electrons.